The third-order valence-corrected chi connectivity index (χ3v) is 3.11. The van der Waals surface area contributed by atoms with Crippen molar-refractivity contribution >= 4 is 0 Å². The van der Waals surface area contributed by atoms with Gasteiger partial charge in [0.15, 0.2) is 0 Å². The Labute approximate surface area is 113 Å². The molecule has 0 aliphatic rings. The highest BCUT2D eigenvalue weighted by Gasteiger charge is 2.13. The molecule has 0 bridgehead atoms. The van der Waals surface area contributed by atoms with Crippen LogP contribution < -0.4 is 5.73 Å². The highest BCUT2D eigenvalue weighted by Crippen LogP contribution is 2.16. The summed E-state index contributed by atoms with van der Waals surface area (Å²) >= 11 is 0. The Bertz CT molecular complexity index is 513. The normalized spacial score (nSPS) is 12.6. The first-order chi connectivity index (χ1) is 9.16. The van der Waals surface area contributed by atoms with Gasteiger partial charge in [-0.2, -0.15) is 0 Å². The Balaban J connectivity index is 1.96. The molecule has 2 nitrogen and oxygen atoms in total. The zero-order valence-electron chi connectivity index (χ0n) is 11.1. The van der Waals surface area contributed by atoms with Crippen LogP contribution in [-0.2, 0) is 6.54 Å². The van der Waals surface area contributed by atoms with Crippen LogP contribution in [0.1, 0.15) is 17.2 Å². The number of likely N-dealkylation sites (N-methyl/N-ethyl adjacent to an activating group) is 1. The van der Waals surface area contributed by atoms with Crippen molar-refractivity contribution in [3.8, 4) is 0 Å². The molecular weight excluding hydrogens is 239 g/mol. The molecule has 0 amide bonds. The second-order valence-electron chi connectivity index (χ2n) is 4.81. The number of nitrogens with two attached hydrogens (primary N) is 1. The van der Waals surface area contributed by atoms with E-state index in [2.05, 4.69) is 17.0 Å². The predicted octanol–water partition coefficient (Wildman–Crippen LogP) is 2.96. The second kappa shape index (κ2) is 6.45. The summed E-state index contributed by atoms with van der Waals surface area (Å²) in [5.41, 5.74) is 7.87. The van der Waals surface area contributed by atoms with E-state index < -0.39 is 0 Å². The van der Waals surface area contributed by atoms with E-state index in [0.717, 1.165) is 6.54 Å². The molecule has 19 heavy (non-hydrogen) atoms. The summed E-state index contributed by atoms with van der Waals surface area (Å²) in [6.07, 6.45) is 0. The van der Waals surface area contributed by atoms with E-state index in [1.165, 1.54) is 11.6 Å². The quantitative estimate of drug-likeness (QED) is 0.893. The van der Waals surface area contributed by atoms with E-state index >= 15 is 0 Å². The van der Waals surface area contributed by atoms with Gasteiger partial charge in [-0.1, -0.05) is 48.5 Å². The van der Waals surface area contributed by atoms with E-state index in [1.807, 2.05) is 31.3 Å². The molecule has 0 aliphatic carbocycles. The van der Waals surface area contributed by atoms with Crippen molar-refractivity contribution in [2.24, 2.45) is 5.73 Å². The third-order valence-electron chi connectivity index (χ3n) is 3.11. The Morgan fingerprint density at radius 2 is 1.68 bits per heavy atom. The van der Waals surface area contributed by atoms with Crippen molar-refractivity contribution in [2.45, 2.75) is 12.6 Å². The van der Waals surface area contributed by atoms with E-state index in [0.29, 0.717) is 12.1 Å². The second-order valence-corrected chi connectivity index (χ2v) is 4.81. The number of hydrogen-bond acceptors (Lipinski definition) is 2. The molecule has 0 heterocycles. The fraction of sp³-hybridized carbons (Fsp3) is 0.250. The lowest BCUT2D eigenvalue weighted by atomic mass is 10.1. The highest BCUT2D eigenvalue weighted by molar-refractivity contribution is 5.21. The standard InChI is InChI=1S/C16H19FN2/c1-19(11-13-7-3-2-4-8-13)12-16(18)14-9-5-6-10-15(14)17/h2-10,16H,11-12,18H2,1H3. The van der Waals surface area contributed by atoms with Gasteiger partial charge in [0.05, 0.1) is 0 Å². The molecule has 1 atom stereocenters. The van der Waals surface area contributed by atoms with E-state index in [1.54, 1.807) is 12.1 Å². The molecule has 0 saturated carbocycles. The average molecular weight is 258 g/mol. The Hall–Kier alpha value is -1.71. The van der Waals surface area contributed by atoms with Gasteiger partial charge in [-0.3, -0.25) is 0 Å². The monoisotopic (exact) mass is 258 g/mol. The van der Waals surface area contributed by atoms with Gasteiger partial charge in [0.2, 0.25) is 0 Å². The first-order valence-electron chi connectivity index (χ1n) is 6.39. The maximum Gasteiger partial charge on any atom is 0.128 e. The summed E-state index contributed by atoms with van der Waals surface area (Å²) in [6, 6.07) is 16.6. The molecular formula is C16H19FN2. The average Bonchev–Trinajstić information content (AvgIpc) is 2.40. The third kappa shape index (κ3) is 3.88. The number of nitrogens with zero attached hydrogens (tertiary/aromatic N) is 1. The lowest BCUT2D eigenvalue weighted by Crippen LogP contribution is -2.29. The highest BCUT2D eigenvalue weighted by atomic mass is 19.1. The summed E-state index contributed by atoms with van der Waals surface area (Å²) < 4.78 is 13.6. The maximum atomic E-state index is 13.6. The first kappa shape index (κ1) is 13.7. The molecule has 2 aromatic rings. The molecule has 100 valence electrons. The van der Waals surface area contributed by atoms with Crippen molar-refractivity contribution in [2.75, 3.05) is 13.6 Å². The number of hydrogen-bond donors (Lipinski definition) is 1. The lowest BCUT2D eigenvalue weighted by Gasteiger charge is -2.22. The van der Waals surface area contributed by atoms with Gasteiger partial charge in [0, 0.05) is 24.7 Å². The molecule has 2 aromatic carbocycles. The van der Waals surface area contributed by atoms with Crippen molar-refractivity contribution in [3.05, 3.63) is 71.5 Å². The SMILES string of the molecule is CN(Cc1ccccc1)CC(N)c1ccccc1F. The number of halogens is 1. The van der Waals surface area contributed by atoms with Crippen molar-refractivity contribution in [1.29, 1.82) is 0 Å². The predicted molar refractivity (Wildman–Crippen MR) is 76.1 cm³/mol. The molecule has 0 radical (unpaired) electrons. The van der Waals surface area contributed by atoms with Crippen LogP contribution in [0.4, 0.5) is 4.39 Å². The molecule has 0 fully saturated rings. The van der Waals surface area contributed by atoms with Gasteiger partial charge >= 0.3 is 0 Å². The van der Waals surface area contributed by atoms with Gasteiger partial charge in [0.1, 0.15) is 5.82 Å². The minimum absolute atomic E-state index is 0.233. The zero-order valence-corrected chi connectivity index (χ0v) is 11.1. The topological polar surface area (TPSA) is 29.3 Å². The smallest absolute Gasteiger partial charge is 0.128 e. The van der Waals surface area contributed by atoms with Crippen LogP contribution in [0.25, 0.3) is 0 Å². The molecule has 0 aromatic heterocycles. The number of rotatable bonds is 5. The summed E-state index contributed by atoms with van der Waals surface area (Å²) in [5.74, 6) is -0.233. The Kier molecular flexibility index (Phi) is 4.66. The van der Waals surface area contributed by atoms with Gasteiger partial charge in [0.25, 0.3) is 0 Å². The molecule has 0 aliphatic heterocycles. The van der Waals surface area contributed by atoms with Crippen LogP contribution in [0, 0.1) is 5.82 Å². The molecule has 2 N–H and O–H groups in total. The molecule has 2 rings (SSSR count). The van der Waals surface area contributed by atoms with E-state index in [-0.39, 0.29) is 11.9 Å². The van der Waals surface area contributed by atoms with Gasteiger partial charge in [-0.15, -0.1) is 0 Å². The maximum absolute atomic E-state index is 13.6. The Morgan fingerprint density at radius 1 is 1.05 bits per heavy atom. The molecule has 3 heteroatoms. The molecule has 0 saturated heterocycles. The lowest BCUT2D eigenvalue weighted by molar-refractivity contribution is 0.302. The molecule has 1 unspecified atom stereocenters. The van der Waals surface area contributed by atoms with Crippen molar-refractivity contribution in [3.63, 3.8) is 0 Å². The largest absolute Gasteiger partial charge is 0.323 e. The van der Waals surface area contributed by atoms with Gasteiger partial charge < -0.3 is 10.6 Å². The first-order valence-corrected chi connectivity index (χ1v) is 6.39. The number of benzene rings is 2. The fourth-order valence-electron chi connectivity index (χ4n) is 2.17. The summed E-state index contributed by atoms with van der Waals surface area (Å²) in [7, 11) is 1.99. The van der Waals surface area contributed by atoms with E-state index in [4.69, 9.17) is 5.73 Å². The van der Waals surface area contributed by atoms with Crippen LogP contribution in [0.5, 0.6) is 0 Å². The van der Waals surface area contributed by atoms with Crippen LogP contribution in [-0.4, -0.2) is 18.5 Å². The van der Waals surface area contributed by atoms with Crippen molar-refractivity contribution < 1.29 is 4.39 Å². The van der Waals surface area contributed by atoms with Crippen LogP contribution in [0.2, 0.25) is 0 Å². The van der Waals surface area contributed by atoms with Crippen LogP contribution >= 0.6 is 0 Å². The minimum atomic E-state index is -0.310. The molecule has 0 spiro atoms. The van der Waals surface area contributed by atoms with Crippen LogP contribution in [0.15, 0.2) is 54.6 Å². The van der Waals surface area contributed by atoms with Gasteiger partial charge in [-0.25, -0.2) is 4.39 Å². The summed E-state index contributed by atoms with van der Waals surface area (Å²) in [4.78, 5) is 2.10. The zero-order chi connectivity index (χ0) is 13.7. The Morgan fingerprint density at radius 3 is 2.37 bits per heavy atom. The van der Waals surface area contributed by atoms with Crippen LogP contribution in [0.3, 0.4) is 0 Å². The summed E-state index contributed by atoms with van der Waals surface area (Å²) in [6.45, 7) is 1.43. The minimum Gasteiger partial charge on any atom is -0.323 e. The van der Waals surface area contributed by atoms with Crippen molar-refractivity contribution in [1.82, 2.24) is 4.90 Å². The van der Waals surface area contributed by atoms with E-state index in [9.17, 15) is 4.39 Å². The fourth-order valence-corrected chi connectivity index (χ4v) is 2.17. The summed E-state index contributed by atoms with van der Waals surface area (Å²) in [5, 5.41) is 0. The van der Waals surface area contributed by atoms with Gasteiger partial charge in [-0.05, 0) is 18.7 Å².